The topological polar surface area (TPSA) is 72.9 Å². The molecule has 0 bridgehead atoms. The maximum atomic E-state index is 12.7. The summed E-state index contributed by atoms with van der Waals surface area (Å²) in [5.41, 5.74) is 8.90. The number of allylic oxidation sites excluding steroid dienone is 3. The fraction of sp³-hybridized carbons (Fsp3) is 0.0476. The van der Waals surface area contributed by atoms with E-state index in [0.29, 0.717) is 16.7 Å². The van der Waals surface area contributed by atoms with Crippen LogP contribution in [-0.2, 0) is 0 Å². The normalized spacial score (nSPS) is 11.3. The molecular weight excluding hydrogens is 324 g/mol. The summed E-state index contributed by atoms with van der Waals surface area (Å²) >= 11 is 0. The molecule has 26 heavy (non-hydrogen) atoms. The monoisotopic (exact) mass is 344 g/mol. The molecule has 1 aromatic carbocycles. The molecule has 0 aliphatic heterocycles. The average molecular weight is 344 g/mol. The highest BCUT2D eigenvalue weighted by Gasteiger charge is 2.14. The van der Waals surface area contributed by atoms with Crippen molar-refractivity contribution in [2.75, 3.05) is 11.1 Å². The third kappa shape index (κ3) is 3.15. The van der Waals surface area contributed by atoms with E-state index in [1.54, 1.807) is 18.2 Å². The summed E-state index contributed by atoms with van der Waals surface area (Å²) in [6, 6.07) is 13.1. The molecule has 0 saturated carbocycles. The standard InChI is InChI=1S/C21H20N4O/c1-4-9-15(5-2)24-19-13-18(26)20-17(12-14(3)23-21(20)22)25(19)16-10-7-6-8-11-16/h4-13,24H,1-2H2,3H3,(H2,22,23)/b15-9+. The van der Waals surface area contributed by atoms with Crippen LogP contribution in [0.2, 0.25) is 0 Å². The lowest BCUT2D eigenvalue weighted by atomic mass is 10.2. The third-order valence-corrected chi connectivity index (χ3v) is 3.95. The fourth-order valence-electron chi connectivity index (χ4n) is 2.88. The van der Waals surface area contributed by atoms with E-state index in [4.69, 9.17) is 5.73 Å². The molecule has 0 aliphatic carbocycles. The minimum absolute atomic E-state index is 0.193. The van der Waals surface area contributed by atoms with Gasteiger partial charge in [-0.25, -0.2) is 4.98 Å². The summed E-state index contributed by atoms with van der Waals surface area (Å²) in [6.45, 7) is 9.35. The molecule has 0 unspecified atom stereocenters. The van der Waals surface area contributed by atoms with Crippen molar-refractivity contribution < 1.29 is 0 Å². The van der Waals surface area contributed by atoms with Crippen LogP contribution in [0.1, 0.15) is 5.69 Å². The van der Waals surface area contributed by atoms with Gasteiger partial charge in [-0.3, -0.25) is 9.36 Å². The molecule has 5 nitrogen and oxygen atoms in total. The van der Waals surface area contributed by atoms with Crippen LogP contribution in [-0.4, -0.2) is 9.55 Å². The molecule has 0 atom stereocenters. The van der Waals surface area contributed by atoms with Crippen molar-refractivity contribution >= 4 is 22.5 Å². The van der Waals surface area contributed by atoms with Gasteiger partial charge in [0.25, 0.3) is 0 Å². The zero-order valence-corrected chi connectivity index (χ0v) is 14.6. The van der Waals surface area contributed by atoms with Gasteiger partial charge in [0.2, 0.25) is 0 Å². The van der Waals surface area contributed by atoms with E-state index in [2.05, 4.69) is 23.5 Å². The summed E-state index contributed by atoms with van der Waals surface area (Å²) in [5.74, 6) is 0.832. The maximum Gasteiger partial charge on any atom is 0.195 e. The molecule has 0 saturated heterocycles. The second kappa shape index (κ2) is 7.11. The van der Waals surface area contributed by atoms with E-state index in [1.165, 1.54) is 6.07 Å². The van der Waals surface area contributed by atoms with Crippen LogP contribution in [0.25, 0.3) is 16.6 Å². The van der Waals surface area contributed by atoms with E-state index < -0.39 is 0 Å². The largest absolute Gasteiger partial charge is 0.383 e. The van der Waals surface area contributed by atoms with Crippen molar-refractivity contribution in [1.82, 2.24) is 9.55 Å². The Morgan fingerprint density at radius 3 is 2.62 bits per heavy atom. The Kier molecular flexibility index (Phi) is 4.71. The van der Waals surface area contributed by atoms with Crippen molar-refractivity contribution in [3.05, 3.63) is 95.5 Å². The summed E-state index contributed by atoms with van der Waals surface area (Å²) in [7, 11) is 0. The second-order valence-corrected chi connectivity index (χ2v) is 5.79. The van der Waals surface area contributed by atoms with Gasteiger partial charge in [-0.15, -0.1) is 0 Å². The number of nitrogens with one attached hydrogen (secondary N) is 1. The number of nitrogens with two attached hydrogens (primary N) is 1. The molecule has 2 heterocycles. The molecule has 3 rings (SSSR count). The van der Waals surface area contributed by atoms with Gasteiger partial charge in [0, 0.05) is 23.1 Å². The van der Waals surface area contributed by atoms with Crippen molar-refractivity contribution in [3.63, 3.8) is 0 Å². The molecule has 5 heteroatoms. The lowest BCUT2D eigenvalue weighted by Crippen LogP contribution is -2.16. The highest BCUT2D eigenvalue weighted by Crippen LogP contribution is 2.26. The number of nitrogens with zero attached hydrogens (tertiary/aromatic N) is 2. The van der Waals surface area contributed by atoms with Crippen LogP contribution < -0.4 is 16.5 Å². The van der Waals surface area contributed by atoms with Crippen molar-refractivity contribution in [2.45, 2.75) is 6.92 Å². The maximum absolute atomic E-state index is 12.7. The number of pyridine rings is 2. The van der Waals surface area contributed by atoms with Gasteiger partial charge in [0.15, 0.2) is 5.43 Å². The van der Waals surface area contributed by atoms with Gasteiger partial charge in [0.1, 0.15) is 11.6 Å². The lowest BCUT2D eigenvalue weighted by Gasteiger charge is -2.19. The molecule has 130 valence electrons. The van der Waals surface area contributed by atoms with Crippen molar-refractivity contribution in [2.24, 2.45) is 0 Å². The number of rotatable bonds is 5. The summed E-state index contributed by atoms with van der Waals surface area (Å²) in [4.78, 5) is 16.9. The number of anilines is 2. The first-order valence-electron chi connectivity index (χ1n) is 8.15. The van der Waals surface area contributed by atoms with Crippen LogP contribution in [0.15, 0.2) is 84.3 Å². The van der Waals surface area contributed by atoms with Gasteiger partial charge >= 0.3 is 0 Å². The highest BCUT2D eigenvalue weighted by atomic mass is 16.1. The summed E-state index contributed by atoms with van der Waals surface area (Å²) in [5, 5.41) is 3.64. The van der Waals surface area contributed by atoms with Gasteiger partial charge in [-0.1, -0.05) is 37.4 Å². The molecule has 2 aromatic heterocycles. The number of para-hydroxylation sites is 1. The minimum atomic E-state index is -0.193. The molecule has 0 aliphatic rings. The highest BCUT2D eigenvalue weighted by molar-refractivity contribution is 5.91. The number of hydrogen-bond donors (Lipinski definition) is 2. The molecule has 3 N–H and O–H groups in total. The predicted octanol–water partition coefficient (Wildman–Crippen LogP) is 3.94. The minimum Gasteiger partial charge on any atom is -0.383 e. The van der Waals surface area contributed by atoms with Crippen LogP contribution >= 0.6 is 0 Å². The number of hydrogen-bond acceptors (Lipinski definition) is 4. The molecule has 0 amide bonds. The number of aryl methyl sites for hydroxylation is 1. The third-order valence-electron chi connectivity index (χ3n) is 3.95. The van der Waals surface area contributed by atoms with Crippen LogP contribution in [0, 0.1) is 6.92 Å². The Labute approximate surface area is 151 Å². The number of fused-ring (bicyclic) bond motifs is 1. The van der Waals surface area contributed by atoms with Crippen molar-refractivity contribution in [1.29, 1.82) is 0 Å². The predicted molar refractivity (Wildman–Crippen MR) is 109 cm³/mol. The van der Waals surface area contributed by atoms with E-state index in [9.17, 15) is 4.79 Å². The zero-order valence-electron chi connectivity index (χ0n) is 14.6. The second-order valence-electron chi connectivity index (χ2n) is 5.79. The van der Waals surface area contributed by atoms with Crippen LogP contribution in [0.5, 0.6) is 0 Å². The van der Waals surface area contributed by atoms with Gasteiger partial charge in [-0.05, 0) is 37.3 Å². The van der Waals surface area contributed by atoms with E-state index in [0.717, 1.165) is 17.1 Å². The molecular formula is C21H20N4O. The van der Waals surface area contributed by atoms with E-state index in [1.807, 2.05) is 47.9 Å². The van der Waals surface area contributed by atoms with Gasteiger partial charge in [-0.2, -0.15) is 0 Å². The Balaban J connectivity index is 2.41. The average Bonchev–Trinajstić information content (AvgIpc) is 2.61. The number of aromatic nitrogens is 2. The Hall–Kier alpha value is -3.60. The van der Waals surface area contributed by atoms with Gasteiger partial charge in [0.05, 0.1) is 10.9 Å². The Bertz CT molecular complexity index is 1080. The first-order chi connectivity index (χ1) is 12.5. The smallest absolute Gasteiger partial charge is 0.195 e. The van der Waals surface area contributed by atoms with Gasteiger partial charge < -0.3 is 11.1 Å². The quantitative estimate of drug-likeness (QED) is 0.688. The first-order valence-corrected chi connectivity index (χ1v) is 8.15. The van der Waals surface area contributed by atoms with Crippen molar-refractivity contribution in [3.8, 4) is 5.69 Å². The Morgan fingerprint density at radius 1 is 1.23 bits per heavy atom. The molecule has 0 radical (unpaired) electrons. The molecule has 0 fully saturated rings. The SMILES string of the molecule is C=C/C=C(\C=C)Nc1cc(=O)c2c(N)nc(C)cc2n1-c1ccccc1. The van der Waals surface area contributed by atoms with E-state index >= 15 is 0 Å². The Morgan fingerprint density at radius 2 is 1.96 bits per heavy atom. The lowest BCUT2D eigenvalue weighted by molar-refractivity contribution is 1.08. The molecule has 0 spiro atoms. The summed E-state index contributed by atoms with van der Waals surface area (Å²) in [6.07, 6.45) is 5.10. The summed E-state index contributed by atoms with van der Waals surface area (Å²) < 4.78 is 1.95. The fourth-order valence-corrected chi connectivity index (χ4v) is 2.88. The first kappa shape index (κ1) is 17.2. The van der Waals surface area contributed by atoms with Crippen LogP contribution in [0.3, 0.4) is 0 Å². The molecule has 3 aromatic rings. The number of nitrogen functional groups attached to an aromatic ring is 1. The number of benzene rings is 1. The van der Waals surface area contributed by atoms with Crippen LogP contribution in [0.4, 0.5) is 11.6 Å². The van der Waals surface area contributed by atoms with E-state index in [-0.39, 0.29) is 11.2 Å². The zero-order chi connectivity index (χ0) is 18.7.